The molecule has 2 aliphatic rings. The van der Waals surface area contributed by atoms with E-state index in [0.717, 1.165) is 42.7 Å². The fraction of sp³-hybridized carbons (Fsp3) is 0.571. The Bertz CT molecular complexity index is 438. The van der Waals surface area contributed by atoms with Gasteiger partial charge >= 0.3 is 0 Å². The van der Waals surface area contributed by atoms with Crippen LogP contribution in [0.1, 0.15) is 12.0 Å². The summed E-state index contributed by atoms with van der Waals surface area (Å²) in [5.74, 6) is 1.49. The normalized spacial score (nSPS) is 27.2. The van der Waals surface area contributed by atoms with E-state index in [0.29, 0.717) is 12.5 Å². The second kappa shape index (κ2) is 5.19. The first-order valence-electron chi connectivity index (χ1n) is 6.53. The third kappa shape index (κ3) is 2.56. The molecule has 18 heavy (non-hydrogen) atoms. The molecule has 0 aliphatic carbocycles. The third-order valence-corrected chi connectivity index (χ3v) is 4.35. The molecule has 1 aromatic carbocycles. The number of benzene rings is 1. The molecule has 2 aliphatic heterocycles. The summed E-state index contributed by atoms with van der Waals surface area (Å²) in [7, 11) is 0. The van der Waals surface area contributed by atoms with Gasteiger partial charge in [0.05, 0.1) is 0 Å². The number of fused-ring (bicyclic) bond motifs is 1. The van der Waals surface area contributed by atoms with Crippen LogP contribution >= 0.6 is 15.9 Å². The molecular weight excluding hydrogens is 294 g/mol. The number of nitrogens with zero attached hydrogens (tertiary/aromatic N) is 1. The lowest BCUT2D eigenvalue weighted by Gasteiger charge is -2.20. The first kappa shape index (κ1) is 12.5. The fourth-order valence-electron chi connectivity index (χ4n) is 2.91. The molecule has 0 spiro atoms. The van der Waals surface area contributed by atoms with Crippen molar-refractivity contribution in [2.24, 2.45) is 5.92 Å². The lowest BCUT2D eigenvalue weighted by atomic mass is 10.1. The molecule has 2 heterocycles. The number of ether oxygens (including phenoxy) is 1. The van der Waals surface area contributed by atoms with Crippen molar-refractivity contribution >= 4 is 15.9 Å². The van der Waals surface area contributed by atoms with E-state index in [1.165, 1.54) is 5.56 Å². The zero-order chi connectivity index (χ0) is 12.5. The van der Waals surface area contributed by atoms with Gasteiger partial charge in [-0.1, -0.05) is 15.9 Å². The topological polar surface area (TPSA) is 32.7 Å². The maximum absolute atomic E-state index is 9.15. The van der Waals surface area contributed by atoms with E-state index < -0.39 is 0 Å². The first-order chi connectivity index (χ1) is 8.74. The second-order valence-electron chi connectivity index (χ2n) is 5.29. The van der Waals surface area contributed by atoms with Crippen molar-refractivity contribution in [1.82, 2.24) is 4.90 Å². The maximum atomic E-state index is 9.15. The fourth-order valence-corrected chi connectivity index (χ4v) is 3.32. The molecule has 1 saturated heterocycles. The van der Waals surface area contributed by atoms with Crippen LogP contribution in [0.3, 0.4) is 0 Å². The standard InChI is InChI=1S/C14H18BrNO2/c15-12-1-2-14-11(5-12)6-13(18-14)8-16-4-3-10(7-16)9-17/h1-2,5,10,13,17H,3-4,6-9H2. The number of likely N-dealkylation sites (tertiary alicyclic amines) is 1. The summed E-state index contributed by atoms with van der Waals surface area (Å²) < 4.78 is 7.09. The zero-order valence-electron chi connectivity index (χ0n) is 10.3. The highest BCUT2D eigenvalue weighted by molar-refractivity contribution is 9.10. The number of aliphatic hydroxyl groups is 1. The highest BCUT2D eigenvalue weighted by Gasteiger charge is 2.28. The summed E-state index contributed by atoms with van der Waals surface area (Å²) in [4.78, 5) is 2.41. The Morgan fingerprint density at radius 2 is 2.33 bits per heavy atom. The van der Waals surface area contributed by atoms with E-state index in [1.807, 2.05) is 12.1 Å². The van der Waals surface area contributed by atoms with Crippen LogP contribution in [0.4, 0.5) is 0 Å². The van der Waals surface area contributed by atoms with Crippen molar-refractivity contribution in [2.45, 2.75) is 18.9 Å². The van der Waals surface area contributed by atoms with Crippen LogP contribution < -0.4 is 4.74 Å². The number of halogens is 1. The van der Waals surface area contributed by atoms with Crippen LogP contribution in [0.2, 0.25) is 0 Å². The minimum Gasteiger partial charge on any atom is -0.488 e. The van der Waals surface area contributed by atoms with Gasteiger partial charge in [-0.2, -0.15) is 0 Å². The van der Waals surface area contributed by atoms with Gasteiger partial charge in [-0.15, -0.1) is 0 Å². The van der Waals surface area contributed by atoms with Gasteiger partial charge in [0.15, 0.2) is 0 Å². The summed E-state index contributed by atoms with van der Waals surface area (Å²) in [6, 6.07) is 6.22. The van der Waals surface area contributed by atoms with Crippen LogP contribution in [0.15, 0.2) is 22.7 Å². The number of rotatable bonds is 3. The highest BCUT2D eigenvalue weighted by atomic mass is 79.9. The lowest BCUT2D eigenvalue weighted by molar-refractivity contribution is 0.158. The molecule has 3 nitrogen and oxygen atoms in total. The summed E-state index contributed by atoms with van der Waals surface area (Å²) >= 11 is 3.50. The molecule has 2 unspecified atom stereocenters. The summed E-state index contributed by atoms with van der Waals surface area (Å²) in [5.41, 5.74) is 1.30. The van der Waals surface area contributed by atoms with Crippen molar-refractivity contribution < 1.29 is 9.84 Å². The molecule has 2 atom stereocenters. The molecule has 0 amide bonds. The minimum absolute atomic E-state index is 0.270. The molecule has 1 fully saturated rings. The summed E-state index contributed by atoms with van der Waals surface area (Å²) in [6.07, 6.45) is 2.38. The Kier molecular flexibility index (Phi) is 3.59. The van der Waals surface area contributed by atoms with Gasteiger partial charge in [0, 0.05) is 30.6 Å². The quantitative estimate of drug-likeness (QED) is 0.927. The average Bonchev–Trinajstić information content (AvgIpc) is 2.95. The smallest absolute Gasteiger partial charge is 0.123 e. The van der Waals surface area contributed by atoms with Gasteiger partial charge in [-0.25, -0.2) is 0 Å². The first-order valence-corrected chi connectivity index (χ1v) is 7.32. The summed E-state index contributed by atoms with van der Waals surface area (Å²) in [6.45, 7) is 3.39. The minimum atomic E-state index is 0.270. The van der Waals surface area contributed by atoms with E-state index in [4.69, 9.17) is 9.84 Å². The van der Waals surface area contributed by atoms with E-state index in [-0.39, 0.29) is 6.10 Å². The number of aliphatic hydroxyl groups excluding tert-OH is 1. The van der Waals surface area contributed by atoms with E-state index >= 15 is 0 Å². The van der Waals surface area contributed by atoms with Crippen molar-refractivity contribution in [1.29, 1.82) is 0 Å². The molecule has 0 radical (unpaired) electrons. The zero-order valence-corrected chi connectivity index (χ0v) is 11.9. The van der Waals surface area contributed by atoms with Crippen LogP contribution in [0, 0.1) is 5.92 Å². The van der Waals surface area contributed by atoms with Crippen molar-refractivity contribution in [2.75, 3.05) is 26.2 Å². The maximum Gasteiger partial charge on any atom is 0.123 e. The number of hydrogen-bond donors (Lipinski definition) is 1. The third-order valence-electron chi connectivity index (χ3n) is 3.85. The average molecular weight is 312 g/mol. The van der Waals surface area contributed by atoms with Gasteiger partial charge in [0.1, 0.15) is 11.9 Å². The Morgan fingerprint density at radius 1 is 1.44 bits per heavy atom. The van der Waals surface area contributed by atoms with Crippen LogP contribution in [-0.2, 0) is 6.42 Å². The van der Waals surface area contributed by atoms with E-state index in [9.17, 15) is 0 Å². The Hall–Kier alpha value is -0.580. The lowest BCUT2D eigenvalue weighted by Crippen LogP contribution is -2.33. The largest absolute Gasteiger partial charge is 0.488 e. The van der Waals surface area contributed by atoms with E-state index in [1.54, 1.807) is 0 Å². The van der Waals surface area contributed by atoms with Gasteiger partial charge in [0.2, 0.25) is 0 Å². The molecule has 4 heteroatoms. The predicted octanol–water partition coefficient (Wildman–Crippen LogP) is 2.07. The van der Waals surface area contributed by atoms with Gasteiger partial charge in [-0.3, -0.25) is 4.90 Å². The van der Waals surface area contributed by atoms with Gasteiger partial charge in [0.25, 0.3) is 0 Å². The van der Waals surface area contributed by atoms with Crippen LogP contribution in [0.25, 0.3) is 0 Å². The van der Waals surface area contributed by atoms with Crippen LogP contribution in [0.5, 0.6) is 5.75 Å². The highest BCUT2D eigenvalue weighted by Crippen LogP contribution is 2.32. The molecular formula is C14H18BrNO2. The van der Waals surface area contributed by atoms with Gasteiger partial charge in [-0.05, 0) is 42.6 Å². The van der Waals surface area contributed by atoms with Crippen molar-refractivity contribution in [3.8, 4) is 5.75 Å². The molecule has 3 rings (SSSR count). The van der Waals surface area contributed by atoms with Crippen molar-refractivity contribution in [3.63, 3.8) is 0 Å². The Labute approximate surface area is 116 Å². The van der Waals surface area contributed by atoms with E-state index in [2.05, 4.69) is 26.9 Å². The monoisotopic (exact) mass is 311 g/mol. The molecule has 0 aromatic heterocycles. The second-order valence-corrected chi connectivity index (χ2v) is 6.21. The van der Waals surface area contributed by atoms with Crippen LogP contribution in [-0.4, -0.2) is 42.4 Å². The number of hydrogen-bond acceptors (Lipinski definition) is 3. The molecule has 1 N–H and O–H groups in total. The SMILES string of the molecule is OCC1CCN(CC2Cc3cc(Br)ccc3O2)C1. The predicted molar refractivity (Wildman–Crippen MR) is 73.9 cm³/mol. The Balaban J connectivity index is 1.58. The Morgan fingerprint density at radius 3 is 3.11 bits per heavy atom. The molecule has 98 valence electrons. The molecule has 0 bridgehead atoms. The molecule has 1 aromatic rings. The van der Waals surface area contributed by atoms with Crippen molar-refractivity contribution in [3.05, 3.63) is 28.2 Å². The van der Waals surface area contributed by atoms with Gasteiger partial charge < -0.3 is 9.84 Å². The summed E-state index contributed by atoms with van der Waals surface area (Å²) in [5, 5.41) is 9.15. The molecule has 0 saturated carbocycles.